The van der Waals surface area contributed by atoms with Crippen molar-refractivity contribution >= 4 is 33.5 Å². The normalized spacial score (nSPS) is 10.8. The molecule has 3 aromatic carbocycles. The molecule has 0 radical (unpaired) electrons. The van der Waals surface area contributed by atoms with Gasteiger partial charge in [0.15, 0.2) is 5.75 Å². The topological polar surface area (TPSA) is 111 Å². The number of urea groups is 1. The van der Waals surface area contributed by atoms with Crippen molar-refractivity contribution in [2.24, 2.45) is 0 Å². The van der Waals surface area contributed by atoms with E-state index in [1.165, 1.54) is 24.3 Å². The van der Waals surface area contributed by atoms with E-state index in [2.05, 4.69) is 10.6 Å². The largest absolute Gasteiger partial charge is 0.465 e. The molecule has 0 unspecified atom stereocenters. The van der Waals surface area contributed by atoms with Crippen molar-refractivity contribution in [3.63, 3.8) is 0 Å². The number of benzene rings is 3. The molecule has 0 aliphatic heterocycles. The maximum Gasteiger partial charge on any atom is 0.341 e. The van der Waals surface area contributed by atoms with Gasteiger partial charge in [0.2, 0.25) is 0 Å². The molecule has 2 N–H and O–H groups in total. The summed E-state index contributed by atoms with van der Waals surface area (Å²) in [6, 6.07) is 17.0. The number of carbonyl (C=O) groups excluding carboxylic acids is 2. The van der Waals surface area contributed by atoms with Crippen molar-refractivity contribution in [2.45, 2.75) is 18.7 Å². The van der Waals surface area contributed by atoms with Gasteiger partial charge in [0.05, 0.1) is 7.11 Å². The van der Waals surface area contributed by atoms with Crippen LogP contribution in [0.25, 0.3) is 0 Å². The highest BCUT2D eigenvalue weighted by molar-refractivity contribution is 7.87. The van der Waals surface area contributed by atoms with E-state index in [0.717, 1.165) is 12.7 Å². The summed E-state index contributed by atoms with van der Waals surface area (Å²) >= 11 is 0. The Hall–Kier alpha value is -3.85. The van der Waals surface area contributed by atoms with Crippen molar-refractivity contribution in [3.05, 3.63) is 83.4 Å². The van der Waals surface area contributed by atoms with Crippen LogP contribution in [-0.4, -0.2) is 27.5 Å². The molecule has 0 fully saturated rings. The molecular weight excluding hydrogens is 432 g/mol. The third-order valence-corrected chi connectivity index (χ3v) is 5.91. The molecule has 0 aromatic heterocycles. The minimum Gasteiger partial charge on any atom is -0.465 e. The molecule has 0 saturated heterocycles. The number of aryl methyl sites for hydroxylation is 2. The lowest BCUT2D eigenvalue weighted by Gasteiger charge is -2.14. The third kappa shape index (κ3) is 5.44. The lowest BCUT2D eigenvalue weighted by Crippen LogP contribution is -2.20. The van der Waals surface area contributed by atoms with Crippen LogP contribution >= 0.6 is 0 Å². The summed E-state index contributed by atoms with van der Waals surface area (Å²) in [5, 5.41) is 5.26. The second kappa shape index (κ2) is 9.52. The average molecular weight is 455 g/mol. The van der Waals surface area contributed by atoms with Gasteiger partial charge >= 0.3 is 22.1 Å². The van der Waals surface area contributed by atoms with Crippen LogP contribution < -0.4 is 14.8 Å². The Labute approximate surface area is 186 Å². The standard InChI is InChI=1S/C23H22N2O6S/c1-15-8-10-17(11-9-15)24-23(27)25-18-12-13-20(19(14-18)22(26)30-3)31-32(28,29)21-7-5-4-6-16(21)2/h4-14H,1-3H3,(H2,24,25,27). The number of nitrogens with one attached hydrogen (secondary N) is 2. The SMILES string of the molecule is COC(=O)c1cc(NC(=O)Nc2ccc(C)cc2)ccc1OS(=O)(=O)c1ccccc1C. The van der Waals surface area contributed by atoms with Crippen molar-refractivity contribution in [1.82, 2.24) is 0 Å². The lowest BCUT2D eigenvalue weighted by molar-refractivity contribution is 0.0599. The number of methoxy groups -OCH3 is 1. The molecule has 32 heavy (non-hydrogen) atoms. The zero-order chi connectivity index (χ0) is 23.3. The van der Waals surface area contributed by atoms with Crippen molar-refractivity contribution < 1.29 is 26.9 Å². The maximum absolute atomic E-state index is 12.7. The molecular formula is C23H22N2O6S. The molecule has 0 bridgehead atoms. The van der Waals surface area contributed by atoms with Gasteiger partial charge in [-0.15, -0.1) is 0 Å². The highest BCUT2D eigenvalue weighted by Gasteiger charge is 2.23. The highest BCUT2D eigenvalue weighted by Crippen LogP contribution is 2.28. The summed E-state index contributed by atoms with van der Waals surface area (Å²) in [5.41, 5.74) is 2.23. The Balaban J connectivity index is 1.84. The smallest absolute Gasteiger partial charge is 0.341 e. The van der Waals surface area contributed by atoms with Crippen LogP contribution in [0.5, 0.6) is 5.75 Å². The fraction of sp³-hybridized carbons (Fsp3) is 0.130. The van der Waals surface area contributed by atoms with Gasteiger partial charge in [-0.05, 0) is 55.8 Å². The van der Waals surface area contributed by atoms with Crippen LogP contribution in [0.4, 0.5) is 16.2 Å². The van der Waals surface area contributed by atoms with Crippen LogP contribution in [0.1, 0.15) is 21.5 Å². The van der Waals surface area contributed by atoms with Gasteiger partial charge in [-0.25, -0.2) is 9.59 Å². The Morgan fingerprint density at radius 2 is 1.47 bits per heavy atom. The van der Waals surface area contributed by atoms with Gasteiger partial charge in [0.25, 0.3) is 0 Å². The first-order chi connectivity index (χ1) is 15.2. The fourth-order valence-corrected chi connectivity index (χ4v) is 4.06. The summed E-state index contributed by atoms with van der Waals surface area (Å²) in [5.74, 6) is -1.04. The molecule has 0 atom stereocenters. The minimum absolute atomic E-state index is 0.0181. The van der Waals surface area contributed by atoms with Gasteiger partial charge in [-0.1, -0.05) is 35.9 Å². The highest BCUT2D eigenvalue weighted by atomic mass is 32.2. The number of anilines is 2. The van der Waals surface area contributed by atoms with Gasteiger partial charge < -0.3 is 19.6 Å². The zero-order valence-electron chi connectivity index (χ0n) is 17.7. The van der Waals surface area contributed by atoms with Crippen molar-refractivity contribution in [3.8, 4) is 5.75 Å². The number of carbonyl (C=O) groups is 2. The number of ether oxygens (including phenoxy) is 1. The van der Waals surface area contributed by atoms with Crippen LogP contribution in [0.15, 0.2) is 71.6 Å². The van der Waals surface area contributed by atoms with Gasteiger partial charge in [-0.3, -0.25) is 0 Å². The molecule has 9 heteroatoms. The van der Waals surface area contributed by atoms with E-state index in [1.807, 2.05) is 19.1 Å². The molecule has 2 amide bonds. The quantitative estimate of drug-likeness (QED) is 0.419. The predicted octanol–water partition coefficient (Wildman–Crippen LogP) is 4.50. The monoisotopic (exact) mass is 454 g/mol. The summed E-state index contributed by atoms with van der Waals surface area (Å²) in [4.78, 5) is 24.5. The second-order valence-electron chi connectivity index (χ2n) is 6.95. The Bertz CT molecular complexity index is 1250. The summed E-state index contributed by atoms with van der Waals surface area (Å²) in [7, 11) is -3.04. The Morgan fingerprint density at radius 3 is 2.12 bits per heavy atom. The minimum atomic E-state index is -4.20. The summed E-state index contributed by atoms with van der Waals surface area (Å²) in [6.45, 7) is 3.57. The number of hydrogen-bond donors (Lipinski definition) is 2. The van der Waals surface area contributed by atoms with Crippen molar-refractivity contribution in [2.75, 3.05) is 17.7 Å². The summed E-state index contributed by atoms with van der Waals surface area (Å²) in [6.07, 6.45) is 0. The number of amides is 2. The number of esters is 1. The van der Waals surface area contributed by atoms with Gasteiger partial charge in [0.1, 0.15) is 10.5 Å². The van der Waals surface area contributed by atoms with E-state index in [0.29, 0.717) is 11.3 Å². The molecule has 0 heterocycles. The second-order valence-corrected chi connectivity index (χ2v) is 8.47. The van der Waals surface area contributed by atoms with E-state index < -0.39 is 22.1 Å². The van der Waals surface area contributed by atoms with Gasteiger partial charge in [-0.2, -0.15) is 8.42 Å². The average Bonchev–Trinajstić information content (AvgIpc) is 2.76. The first-order valence-electron chi connectivity index (χ1n) is 9.57. The van der Waals surface area contributed by atoms with E-state index in [9.17, 15) is 18.0 Å². The van der Waals surface area contributed by atoms with E-state index >= 15 is 0 Å². The van der Waals surface area contributed by atoms with E-state index in [-0.39, 0.29) is 21.9 Å². The van der Waals surface area contributed by atoms with E-state index in [1.54, 1.807) is 37.3 Å². The van der Waals surface area contributed by atoms with Crippen LogP contribution in [0.2, 0.25) is 0 Å². The molecule has 3 rings (SSSR count). The fourth-order valence-electron chi connectivity index (χ4n) is 2.88. The third-order valence-electron chi connectivity index (χ3n) is 4.51. The zero-order valence-corrected chi connectivity index (χ0v) is 18.5. The maximum atomic E-state index is 12.7. The lowest BCUT2D eigenvalue weighted by atomic mass is 10.2. The molecule has 0 aliphatic rings. The summed E-state index contributed by atoms with van der Waals surface area (Å²) < 4.78 is 35.4. The van der Waals surface area contributed by atoms with Crippen LogP contribution in [0, 0.1) is 13.8 Å². The molecule has 0 saturated carbocycles. The Kier molecular flexibility index (Phi) is 6.79. The predicted molar refractivity (Wildman–Crippen MR) is 121 cm³/mol. The molecule has 0 spiro atoms. The number of hydrogen-bond acceptors (Lipinski definition) is 6. The molecule has 3 aromatic rings. The van der Waals surface area contributed by atoms with Crippen LogP contribution in [-0.2, 0) is 14.9 Å². The van der Waals surface area contributed by atoms with Gasteiger partial charge in [0, 0.05) is 11.4 Å². The number of rotatable bonds is 6. The molecule has 0 aliphatic carbocycles. The Morgan fingerprint density at radius 1 is 0.844 bits per heavy atom. The van der Waals surface area contributed by atoms with Crippen LogP contribution in [0.3, 0.4) is 0 Å². The molecule has 8 nitrogen and oxygen atoms in total. The molecule has 166 valence electrons. The first-order valence-corrected chi connectivity index (χ1v) is 11.0. The van der Waals surface area contributed by atoms with Crippen molar-refractivity contribution in [1.29, 1.82) is 0 Å². The van der Waals surface area contributed by atoms with E-state index in [4.69, 9.17) is 8.92 Å². The first kappa shape index (κ1) is 22.8.